The lowest BCUT2D eigenvalue weighted by atomic mass is 10.1. The third kappa shape index (κ3) is 9.21. The Morgan fingerprint density at radius 3 is 2.29 bits per heavy atom. The minimum Gasteiger partial charge on any atom is -0.492 e. The van der Waals surface area contributed by atoms with Gasteiger partial charge in [0, 0.05) is 17.7 Å². The lowest BCUT2D eigenvalue weighted by Crippen LogP contribution is -2.24. The number of nitrogens with zero attached hydrogens (tertiary/aromatic N) is 4. The maximum absolute atomic E-state index is 11.9. The predicted molar refractivity (Wildman–Crippen MR) is 163 cm³/mol. The minimum absolute atomic E-state index is 0.0324. The molecule has 0 aliphatic rings. The van der Waals surface area contributed by atoms with Crippen LogP contribution in [0.3, 0.4) is 0 Å². The number of esters is 1. The van der Waals surface area contributed by atoms with Gasteiger partial charge in [-0.1, -0.05) is 12.1 Å². The van der Waals surface area contributed by atoms with Crippen molar-refractivity contribution in [3.05, 3.63) is 48.2 Å². The first-order valence-electron chi connectivity index (χ1n) is 13.8. The first kappa shape index (κ1) is 32.4. The van der Waals surface area contributed by atoms with Crippen LogP contribution in [0.5, 0.6) is 5.75 Å². The highest BCUT2D eigenvalue weighted by atomic mass is 32.2. The number of carbonyl (C=O) groups is 1. The number of anilines is 3. The van der Waals surface area contributed by atoms with Crippen LogP contribution in [0.15, 0.2) is 42.6 Å². The third-order valence-corrected chi connectivity index (χ3v) is 7.20. The molecule has 1 aromatic carbocycles. The summed E-state index contributed by atoms with van der Waals surface area (Å²) in [5.41, 5.74) is 0.943. The summed E-state index contributed by atoms with van der Waals surface area (Å²) < 4.78 is 39.2. The number of benzene rings is 1. The fraction of sp³-hybridized carbons (Fsp3) is 0.467. The van der Waals surface area contributed by atoms with Crippen molar-refractivity contribution in [2.24, 2.45) is 0 Å². The molecule has 0 saturated heterocycles. The topological polar surface area (TPSA) is 148 Å². The summed E-state index contributed by atoms with van der Waals surface area (Å²) in [7, 11) is -3.40. The van der Waals surface area contributed by atoms with Crippen LogP contribution in [0, 0.1) is 11.3 Å². The number of hydrogen-bond acceptors (Lipinski definition) is 9. The van der Waals surface area contributed by atoms with E-state index in [-0.39, 0.29) is 11.7 Å². The lowest BCUT2D eigenvalue weighted by Gasteiger charge is -2.22. The van der Waals surface area contributed by atoms with Crippen molar-refractivity contribution >= 4 is 33.3 Å². The number of aromatic nitrogens is 3. The van der Waals surface area contributed by atoms with E-state index in [1.165, 1.54) is 0 Å². The third-order valence-electron chi connectivity index (χ3n) is 5.89. The van der Waals surface area contributed by atoms with Gasteiger partial charge in [0.15, 0.2) is 0 Å². The zero-order valence-electron chi connectivity index (χ0n) is 25.3. The van der Waals surface area contributed by atoms with Crippen LogP contribution < -0.4 is 14.8 Å². The summed E-state index contributed by atoms with van der Waals surface area (Å²) in [4.78, 5) is 16.3. The molecular formula is C30H40N6O5S. The Labute approximate surface area is 248 Å². The zero-order valence-corrected chi connectivity index (χ0v) is 26.1. The summed E-state index contributed by atoms with van der Waals surface area (Å²) >= 11 is 0. The van der Waals surface area contributed by atoms with Gasteiger partial charge in [-0.2, -0.15) is 10.4 Å². The summed E-state index contributed by atoms with van der Waals surface area (Å²) in [6, 6.07) is 12.5. The number of sulfonamides is 1. The van der Waals surface area contributed by atoms with Gasteiger partial charge in [-0.25, -0.2) is 18.1 Å². The van der Waals surface area contributed by atoms with Crippen LogP contribution in [0.2, 0.25) is 0 Å². The van der Waals surface area contributed by atoms with Gasteiger partial charge in [0.1, 0.15) is 40.3 Å². The number of nitrogens with one attached hydrogen (secondary N) is 2. The van der Waals surface area contributed by atoms with E-state index in [2.05, 4.69) is 21.1 Å². The van der Waals surface area contributed by atoms with Gasteiger partial charge in [-0.05, 0) is 85.6 Å². The fourth-order valence-corrected chi connectivity index (χ4v) is 4.53. The second kappa shape index (κ2) is 13.2. The average Bonchev–Trinajstić information content (AvgIpc) is 3.27. The standard InChI is InChI=1S/C30H40N6O5S/c1-8-42(38,39)35-22-14-12-21(13-15-22)27-24(19-31)28(36(34-27)29(2,3)4)33-25-17-16-23(20-32-25)40-18-10-9-11-26(37)41-30(5,6)7/h12-17,20,35H,8-11,18H2,1-7H3,(H,32,33). The van der Waals surface area contributed by atoms with Gasteiger partial charge in [0.05, 0.1) is 24.1 Å². The Hall–Kier alpha value is -4.11. The molecule has 0 bridgehead atoms. The molecule has 12 heteroatoms. The smallest absolute Gasteiger partial charge is 0.306 e. The van der Waals surface area contributed by atoms with Gasteiger partial charge in [0.2, 0.25) is 10.0 Å². The first-order valence-corrected chi connectivity index (χ1v) is 15.5. The van der Waals surface area contributed by atoms with Gasteiger partial charge in [-0.15, -0.1) is 0 Å². The van der Waals surface area contributed by atoms with E-state index < -0.39 is 21.2 Å². The molecule has 0 aliphatic carbocycles. The maximum Gasteiger partial charge on any atom is 0.306 e. The van der Waals surface area contributed by atoms with Crippen molar-refractivity contribution in [3.63, 3.8) is 0 Å². The number of ether oxygens (including phenoxy) is 2. The van der Waals surface area contributed by atoms with E-state index in [9.17, 15) is 18.5 Å². The molecule has 0 aliphatic heterocycles. The highest BCUT2D eigenvalue weighted by molar-refractivity contribution is 7.92. The fourth-order valence-electron chi connectivity index (χ4n) is 3.89. The number of carbonyl (C=O) groups excluding carboxylic acids is 1. The quantitative estimate of drug-likeness (QED) is 0.191. The van der Waals surface area contributed by atoms with Gasteiger partial charge in [0.25, 0.3) is 0 Å². The summed E-state index contributed by atoms with van der Waals surface area (Å²) in [6.07, 6.45) is 3.30. The largest absolute Gasteiger partial charge is 0.492 e. The van der Waals surface area contributed by atoms with Crippen molar-refractivity contribution in [1.82, 2.24) is 14.8 Å². The van der Waals surface area contributed by atoms with Crippen LogP contribution in [-0.2, 0) is 25.1 Å². The van der Waals surface area contributed by atoms with Crippen molar-refractivity contribution < 1.29 is 22.7 Å². The molecular weight excluding hydrogens is 556 g/mol. The number of nitriles is 1. The van der Waals surface area contributed by atoms with E-state index in [0.717, 1.165) is 0 Å². The van der Waals surface area contributed by atoms with Gasteiger partial charge < -0.3 is 14.8 Å². The van der Waals surface area contributed by atoms with E-state index >= 15 is 0 Å². The molecule has 42 heavy (non-hydrogen) atoms. The van der Waals surface area contributed by atoms with E-state index in [0.29, 0.717) is 65.8 Å². The molecule has 2 aromatic heterocycles. The zero-order chi connectivity index (χ0) is 31.1. The molecule has 2 heterocycles. The average molecular weight is 597 g/mol. The van der Waals surface area contributed by atoms with Crippen molar-refractivity contribution in [1.29, 1.82) is 5.26 Å². The predicted octanol–water partition coefficient (Wildman–Crippen LogP) is 5.97. The number of unbranched alkanes of at least 4 members (excludes halogenated alkanes) is 1. The lowest BCUT2D eigenvalue weighted by molar-refractivity contribution is -0.154. The Morgan fingerprint density at radius 2 is 1.74 bits per heavy atom. The number of rotatable bonds is 12. The summed E-state index contributed by atoms with van der Waals surface area (Å²) in [5.74, 6) is 1.33. The van der Waals surface area contributed by atoms with Crippen LogP contribution in [0.25, 0.3) is 11.3 Å². The Bertz CT molecular complexity index is 1510. The molecule has 11 nitrogen and oxygen atoms in total. The Balaban J connectivity index is 1.72. The summed E-state index contributed by atoms with van der Waals surface area (Å²) in [6.45, 7) is 13.5. The Morgan fingerprint density at radius 1 is 1.05 bits per heavy atom. The number of pyridine rings is 1. The maximum atomic E-state index is 11.9. The molecule has 2 N–H and O–H groups in total. The normalized spacial score (nSPS) is 12.0. The van der Waals surface area contributed by atoms with E-state index in [1.807, 2.05) is 41.5 Å². The molecule has 3 rings (SSSR count). The molecule has 0 fully saturated rings. The molecule has 226 valence electrons. The molecule has 0 saturated carbocycles. The SMILES string of the molecule is CCS(=O)(=O)Nc1ccc(-c2nn(C(C)(C)C)c(Nc3ccc(OCCCCC(=O)OC(C)(C)C)cn3)c2C#N)cc1. The summed E-state index contributed by atoms with van der Waals surface area (Å²) in [5, 5.41) is 18.1. The van der Waals surface area contributed by atoms with Gasteiger partial charge in [-0.3, -0.25) is 9.52 Å². The van der Waals surface area contributed by atoms with E-state index in [4.69, 9.17) is 14.6 Å². The molecule has 0 radical (unpaired) electrons. The molecule has 0 unspecified atom stereocenters. The highest BCUT2D eigenvalue weighted by Gasteiger charge is 2.26. The minimum atomic E-state index is -3.40. The van der Waals surface area contributed by atoms with Crippen LogP contribution in [0.1, 0.15) is 73.3 Å². The first-order chi connectivity index (χ1) is 19.6. The second-order valence-electron chi connectivity index (χ2n) is 11.7. The van der Waals surface area contributed by atoms with Crippen molar-refractivity contribution in [3.8, 4) is 23.1 Å². The molecule has 0 amide bonds. The van der Waals surface area contributed by atoms with Crippen LogP contribution in [0.4, 0.5) is 17.3 Å². The molecule has 3 aromatic rings. The van der Waals surface area contributed by atoms with Crippen molar-refractivity contribution in [2.75, 3.05) is 22.4 Å². The second-order valence-corrected chi connectivity index (χ2v) is 13.8. The number of hydrogen-bond donors (Lipinski definition) is 2. The van der Waals surface area contributed by atoms with Crippen LogP contribution in [-0.4, -0.2) is 47.1 Å². The van der Waals surface area contributed by atoms with Gasteiger partial charge >= 0.3 is 5.97 Å². The monoisotopic (exact) mass is 596 g/mol. The van der Waals surface area contributed by atoms with E-state index in [1.54, 1.807) is 54.2 Å². The van der Waals surface area contributed by atoms with Crippen LogP contribution >= 0.6 is 0 Å². The molecule has 0 spiro atoms. The highest BCUT2D eigenvalue weighted by Crippen LogP contribution is 2.34. The van der Waals surface area contributed by atoms with Crippen molar-refractivity contribution in [2.45, 2.75) is 78.9 Å². The Kier molecular flexibility index (Phi) is 10.2. The molecule has 0 atom stereocenters.